The summed E-state index contributed by atoms with van der Waals surface area (Å²) < 4.78 is 10.7. The molecule has 0 unspecified atom stereocenters. The summed E-state index contributed by atoms with van der Waals surface area (Å²) in [7, 11) is -1.19. The number of aliphatic hydroxyl groups excluding tert-OH is 1. The molecule has 182 valence electrons. The number of hydrogen-bond donors (Lipinski definition) is 1. The second-order valence-corrected chi connectivity index (χ2v) is 16.1. The SMILES string of the molecule is CC(C)[C@H](O)[C@@H](C)c1ccc([C@@H](C)COC(=O)CCCCC(=O)OCC[Si](C)(C)C)cc1. The lowest BCUT2D eigenvalue weighted by molar-refractivity contribution is -0.146. The maximum absolute atomic E-state index is 12.0. The highest BCUT2D eigenvalue weighted by Gasteiger charge is 2.20. The van der Waals surface area contributed by atoms with Crippen LogP contribution in [0.2, 0.25) is 25.7 Å². The summed E-state index contributed by atoms with van der Waals surface area (Å²) in [6, 6.07) is 9.17. The lowest BCUT2D eigenvalue weighted by Crippen LogP contribution is -2.22. The highest BCUT2D eigenvalue weighted by atomic mass is 28.3. The molecule has 0 aliphatic carbocycles. The Hall–Kier alpha value is -1.66. The fourth-order valence-electron chi connectivity index (χ4n) is 3.37. The Kier molecular flexibility index (Phi) is 12.2. The van der Waals surface area contributed by atoms with Crippen LogP contribution in [0.5, 0.6) is 0 Å². The molecule has 1 aromatic carbocycles. The average molecular weight is 465 g/mol. The molecule has 0 aliphatic rings. The van der Waals surface area contributed by atoms with Crippen LogP contribution in [0, 0.1) is 5.92 Å². The Labute approximate surface area is 195 Å². The summed E-state index contributed by atoms with van der Waals surface area (Å²) in [4.78, 5) is 23.8. The van der Waals surface area contributed by atoms with E-state index in [0.717, 1.165) is 17.2 Å². The molecule has 32 heavy (non-hydrogen) atoms. The Balaban J connectivity index is 2.28. The van der Waals surface area contributed by atoms with Gasteiger partial charge in [0.2, 0.25) is 0 Å². The first-order valence-electron chi connectivity index (χ1n) is 12.0. The monoisotopic (exact) mass is 464 g/mol. The van der Waals surface area contributed by atoms with E-state index in [1.165, 1.54) is 0 Å². The van der Waals surface area contributed by atoms with Crippen molar-refractivity contribution in [3.8, 4) is 0 Å². The molecule has 0 bridgehead atoms. The predicted molar refractivity (Wildman–Crippen MR) is 133 cm³/mol. The highest BCUT2D eigenvalue weighted by Crippen LogP contribution is 2.26. The van der Waals surface area contributed by atoms with Crippen molar-refractivity contribution in [1.82, 2.24) is 0 Å². The minimum Gasteiger partial charge on any atom is -0.466 e. The van der Waals surface area contributed by atoms with Gasteiger partial charge in [0.25, 0.3) is 0 Å². The maximum Gasteiger partial charge on any atom is 0.305 e. The van der Waals surface area contributed by atoms with Gasteiger partial charge in [-0.2, -0.15) is 0 Å². The number of benzene rings is 1. The van der Waals surface area contributed by atoms with Gasteiger partial charge >= 0.3 is 11.9 Å². The van der Waals surface area contributed by atoms with Gasteiger partial charge in [0.1, 0.15) is 0 Å². The number of rotatable bonds is 14. The lowest BCUT2D eigenvalue weighted by Gasteiger charge is -2.23. The maximum atomic E-state index is 12.0. The molecule has 0 saturated carbocycles. The van der Waals surface area contributed by atoms with Crippen molar-refractivity contribution < 1.29 is 24.2 Å². The number of ether oxygens (including phenoxy) is 2. The zero-order chi connectivity index (χ0) is 24.3. The van der Waals surface area contributed by atoms with Gasteiger partial charge in [-0.15, -0.1) is 0 Å². The van der Waals surface area contributed by atoms with Crippen molar-refractivity contribution in [2.75, 3.05) is 13.2 Å². The van der Waals surface area contributed by atoms with Gasteiger partial charge in [0.05, 0.1) is 19.3 Å². The Morgan fingerprint density at radius 2 is 1.38 bits per heavy atom. The molecular weight excluding hydrogens is 420 g/mol. The van der Waals surface area contributed by atoms with E-state index < -0.39 is 8.07 Å². The van der Waals surface area contributed by atoms with Crippen molar-refractivity contribution in [1.29, 1.82) is 0 Å². The standard InChI is InChI=1S/C26H44O5Si/c1-19(2)26(29)21(4)23-14-12-22(13-15-23)20(3)18-31-25(28)11-9-8-10-24(27)30-16-17-32(5,6)7/h12-15,19-21,26,29H,8-11,16-18H2,1-7H3/t20-,21-,26-/m0/s1. The summed E-state index contributed by atoms with van der Waals surface area (Å²) >= 11 is 0. The van der Waals surface area contributed by atoms with E-state index in [0.29, 0.717) is 38.9 Å². The minimum atomic E-state index is -1.19. The highest BCUT2D eigenvalue weighted by molar-refractivity contribution is 6.76. The van der Waals surface area contributed by atoms with Crippen molar-refractivity contribution >= 4 is 20.0 Å². The smallest absolute Gasteiger partial charge is 0.305 e. The lowest BCUT2D eigenvalue weighted by atomic mass is 9.88. The molecular formula is C26H44O5Si. The van der Waals surface area contributed by atoms with Gasteiger partial charge in [-0.3, -0.25) is 9.59 Å². The number of carbonyl (C=O) groups is 2. The average Bonchev–Trinajstić information content (AvgIpc) is 2.73. The van der Waals surface area contributed by atoms with Crippen LogP contribution in [0.25, 0.3) is 0 Å². The predicted octanol–water partition coefficient (Wildman–Crippen LogP) is 5.90. The van der Waals surface area contributed by atoms with Gasteiger partial charge in [0.15, 0.2) is 0 Å². The van der Waals surface area contributed by atoms with Gasteiger partial charge in [-0.1, -0.05) is 71.6 Å². The van der Waals surface area contributed by atoms with Gasteiger partial charge in [-0.25, -0.2) is 0 Å². The summed E-state index contributed by atoms with van der Waals surface area (Å²) in [6.45, 7) is 15.7. The third-order valence-corrected chi connectivity index (χ3v) is 7.55. The molecule has 1 aromatic rings. The van der Waals surface area contributed by atoms with Crippen LogP contribution < -0.4 is 0 Å². The van der Waals surface area contributed by atoms with Crippen LogP contribution in [-0.2, 0) is 19.1 Å². The van der Waals surface area contributed by atoms with E-state index in [4.69, 9.17) is 9.47 Å². The van der Waals surface area contributed by atoms with Crippen LogP contribution in [0.15, 0.2) is 24.3 Å². The largest absolute Gasteiger partial charge is 0.466 e. The first kappa shape index (κ1) is 28.4. The number of aliphatic hydroxyl groups is 1. The summed E-state index contributed by atoms with van der Waals surface area (Å²) in [5.41, 5.74) is 2.21. The quantitative estimate of drug-likeness (QED) is 0.211. The van der Waals surface area contributed by atoms with Crippen LogP contribution in [0.1, 0.15) is 76.3 Å². The molecule has 6 heteroatoms. The second kappa shape index (κ2) is 13.8. The molecule has 0 amide bonds. The van der Waals surface area contributed by atoms with Gasteiger partial charge in [0, 0.05) is 32.8 Å². The number of unbranched alkanes of at least 4 members (excludes halogenated alkanes) is 1. The van der Waals surface area contributed by atoms with Crippen LogP contribution in [0.3, 0.4) is 0 Å². The fourth-order valence-corrected chi connectivity index (χ4v) is 4.09. The van der Waals surface area contributed by atoms with Crippen LogP contribution in [0.4, 0.5) is 0 Å². The molecule has 0 aliphatic heterocycles. The minimum absolute atomic E-state index is 0.0785. The van der Waals surface area contributed by atoms with E-state index in [1.807, 2.05) is 52.0 Å². The molecule has 3 atom stereocenters. The molecule has 0 aromatic heterocycles. The van der Waals surface area contributed by atoms with Crippen molar-refractivity contribution in [3.05, 3.63) is 35.4 Å². The van der Waals surface area contributed by atoms with Crippen molar-refractivity contribution in [2.24, 2.45) is 5.92 Å². The van der Waals surface area contributed by atoms with Crippen molar-refractivity contribution in [3.63, 3.8) is 0 Å². The molecule has 1 rings (SSSR count). The van der Waals surface area contributed by atoms with Gasteiger partial charge in [-0.05, 0) is 35.9 Å². The molecule has 5 nitrogen and oxygen atoms in total. The number of carbonyl (C=O) groups excluding carboxylic acids is 2. The summed E-state index contributed by atoms with van der Waals surface area (Å²) in [6.07, 6.45) is 1.56. The topological polar surface area (TPSA) is 72.8 Å². The molecule has 1 N–H and O–H groups in total. The Bertz CT molecular complexity index is 693. The first-order chi connectivity index (χ1) is 14.9. The van der Waals surface area contributed by atoms with Gasteiger partial charge < -0.3 is 14.6 Å². The normalized spacial score (nSPS) is 14.7. The van der Waals surface area contributed by atoms with E-state index in [9.17, 15) is 14.7 Å². The molecule has 0 radical (unpaired) electrons. The zero-order valence-corrected chi connectivity index (χ0v) is 22.1. The van der Waals surface area contributed by atoms with E-state index in [-0.39, 0.29) is 35.8 Å². The third kappa shape index (κ3) is 11.3. The molecule has 0 fully saturated rings. The zero-order valence-electron chi connectivity index (χ0n) is 21.1. The first-order valence-corrected chi connectivity index (χ1v) is 15.7. The third-order valence-electron chi connectivity index (χ3n) is 5.85. The molecule has 0 spiro atoms. The van der Waals surface area contributed by atoms with E-state index in [1.54, 1.807) is 0 Å². The number of hydrogen-bond acceptors (Lipinski definition) is 5. The van der Waals surface area contributed by atoms with E-state index >= 15 is 0 Å². The fraction of sp³-hybridized carbons (Fsp3) is 0.692. The van der Waals surface area contributed by atoms with E-state index in [2.05, 4.69) is 19.6 Å². The Morgan fingerprint density at radius 3 is 1.88 bits per heavy atom. The molecule has 0 heterocycles. The van der Waals surface area contributed by atoms with Crippen LogP contribution in [-0.4, -0.2) is 44.4 Å². The van der Waals surface area contributed by atoms with Crippen LogP contribution >= 0.6 is 0 Å². The Morgan fingerprint density at radius 1 is 0.875 bits per heavy atom. The van der Waals surface area contributed by atoms with Crippen molar-refractivity contribution in [2.45, 2.75) is 97.0 Å². The second-order valence-electron chi connectivity index (χ2n) is 10.5. The summed E-state index contributed by atoms with van der Waals surface area (Å²) in [5, 5.41) is 10.3. The molecule has 0 saturated heterocycles. The number of esters is 2. The summed E-state index contributed by atoms with van der Waals surface area (Å²) in [5.74, 6) is -0.0173.